The Hall–Kier alpha value is -2.62. The van der Waals surface area contributed by atoms with Gasteiger partial charge in [0.15, 0.2) is 0 Å². The molecule has 2 saturated heterocycles. The summed E-state index contributed by atoms with van der Waals surface area (Å²) in [6, 6.07) is 5.58. The van der Waals surface area contributed by atoms with Crippen molar-refractivity contribution in [2.75, 3.05) is 46.8 Å². The normalized spacial score (nSPS) is 17.5. The van der Waals surface area contributed by atoms with E-state index in [-0.39, 0.29) is 30.4 Å². The first-order chi connectivity index (χ1) is 19.6. The van der Waals surface area contributed by atoms with Gasteiger partial charge in [-0.3, -0.25) is 9.78 Å². The van der Waals surface area contributed by atoms with Crippen LogP contribution in [0, 0.1) is 5.82 Å². The molecule has 0 unspecified atom stereocenters. The summed E-state index contributed by atoms with van der Waals surface area (Å²) >= 11 is 12.5. The molecule has 0 bridgehead atoms. The average Bonchev–Trinajstić information content (AvgIpc) is 3.49. The van der Waals surface area contributed by atoms with Crippen molar-refractivity contribution >= 4 is 35.1 Å². The van der Waals surface area contributed by atoms with Crippen LogP contribution in [0.4, 0.5) is 9.18 Å². The third-order valence-electron chi connectivity index (χ3n) is 7.79. The molecule has 0 saturated carbocycles. The van der Waals surface area contributed by atoms with Crippen molar-refractivity contribution in [2.24, 2.45) is 0 Å². The number of hydrogen-bond acceptors (Lipinski definition) is 5. The average molecular weight is 609 g/mol. The predicted octanol–water partition coefficient (Wildman–Crippen LogP) is 5.37. The summed E-state index contributed by atoms with van der Waals surface area (Å²) in [6.45, 7) is 5.09. The van der Waals surface area contributed by atoms with Crippen LogP contribution in [0.2, 0.25) is 10.0 Å². The molecule has 0 aliphatic carbocycles. The van der Waals surface area contributed by atoms with E-state index >= 15 is 0 Å². The van der Waals surface area contributed by atoms with E-state index in [0.29, 0.717) is 61.4 Å². The quantitative estimate of drug-likeness (QED) is 0.393. The Morgan fingerprint density at radius 1 is 1.12 bits per heavy atom. The topological polar surface area (TPSA) is 78.0 Å². The lowest BCUT2D eigenvalue weighted by Gasteiger charge is -2.35. The number of nitrogens with one attached hydrogen (secondary N) is 1. The Labute approximate surface area is 252 Å². The van der Waals surface area contributed by atoms with Gasteiger partial charge in [0.05, 0.1) is 11.9 Å². The summed E-state index contributed by atoms with van der Waals surface area (Å²) in [5.41, 5.74) is 1.47. The number of hydrogen-bond donors (Lipinski definition) is 1. The van der Waals surface area contributed by atoms with Gasteiger partial charge in [-0.25, -0.2) is 9.18 Å². The van der Waals surface area contributed by atoms with E-state index in [9.17, 15) is 14.0 Å². The van der Waals surface area contributed by atoms with Crippen molar-refractivity contribution < 1.29 is 18.7 Å². The Balaban J connectivity index is 1.46. The molecular formula is C30H40Cl2FN5O3. The fraction of sp³-hybridized carbons (Fsp3) is 0.567. The molecule has 41 heavy (non-hydrogen) atoms. The highest BCUT2D eigenvalue weighted by molar-refractivity contribution is 6.35. The van der Waals surface area contributed by atoms with Crippen molar-refractivity contribution in [3.8, 4) is 5.75 Å². The molecule has 8 nitrogen and oxygen atoms in total. The summed E-state index contributed by atoms with van der Waals surface area (Å²) in [6.07, 6.45) is 5.40. The molecule has 3 heterocycles. The number of likely N-dealkylation sites (N-methyl/N-ethyl adjacent to an activating group) is 1. The Morgan fingerprint density at radius 3 is 2.46 bits per heavy atom. The van der Waals surface area contributed by atoms with Gasteiger partial charge in [-0.15, -0.1) is 0 Å². The first-order valence-electron chi connectivity index (χ1n) is 14.4. The predicted molar refractivity (Wildman–Crippen MR) is 159 cm³/mol. The van der Waals surface area contributed by atoms with Crippen molar-refractivity contribution in [3.63, 3.8) is 0 Å². The van der Waals surface area contributed by atoms with Crippen LogP contribution >= 0.6 is 23.2 Å². The number of carbonyl (C=O) groups is 2. The van der Waals surface area contributed by atoms with Crippen LogP contribution in [0.3, 0.4) is 0 Å². The standard InChI is InChI=1S/C30H40Cl2FN5O3/c1-4-24(19-36(2)3)41-27-17-23(33)18-34-28(27)20-9-13-37(14-10-20)29(39)26(35-30(40)38-11-5-6-12-38)15-21-7-8-22(31)16-25(21)32/h7-8,16-18,20,24,26H,4-6,9-15,19H2,1-3H3,(H,35,40)/t24-,26+/m0/s1. The van der Waals surface area contributed by atoms with Gasteiger partial charge in [0.2, 0.25) is 5.91 Å². The van der Waals surface area contributed by atoms with Gasteiger partial charge >= 0.3 is 6.03 Å². The van der Waals surface area contributed by atoms with Gasteiger partial charge in [-0.1, -0.05) is 36.2 Å². The van der Waals surface area contributed by atoms with E-state index in [1.807, 2.05) is 25.9 Å². The monoisotopic (exact) mass is 607 g/mol. The summed E-state index contributed by atoms with van der Waals surface area (Å²) in [7, 11) is 3.95. The van der Waals surface area contributed by atoms with Crippen LogP contribution < -0.4 is 10.1 Å². The van der Waals surface area contributed by atoms with E-state index in [1.54, 1.807) is 28.0 Å². The van der Waals surface area contributed by atoms with Crippen LogP contribution in [-0.4, -0.2) is 90.6 Å². The Morgan fingerprint density at radius 2 is 1.83 bits per heavy atom. The highest BCUT2D eigenvalue weighted by Crippen LogP contribution is 2.34. The minimum absolute atomic E-state index is 0.0230. The van der Waals surface area contributed by atoms with E-state index in [4.69, 9.17) is 27.9 Å². The van der Waals surface area contributed by atoms with Crippen molar-refractivity contribution in [1.29, 1.82) is 0 Å². The summed E-state index contributed by atoms with van der Waals surface area (Å²) in [4.78, 5) is 36.8. The minimum atomic E-state index is -0.766. The summed E-state index contributed by atoms with van der Waals surface area (Å²) in [5.74, 6) is -0.0948. The SMILES string of the molecule is CC[C@@H](CN(C)C)Oc1cc(F)cnc1C1CCN(C(=O)[C@@H](Cc2ccc(Cl)cc2Cl)NC(=O)N2CCCC2)CC1. The number of urea groups is 1. The third-order valence-corrected chi connectivity index (χ3v) is 8.37. The van der Waals surface area contributed by atoms with Crippen LogP contribution in [0.1, 0.15) is 56.2 Å². The highest BCUT2D eigenvalue weighted by atomic mass is 35.5. The minimum Gasteiger partial charge on any atom is -0.487 e. The Bertz CT molecular complexity index is 1200. The maximum atomic E-state index is 14.2. The third kappa shape index (κ3) is 8.46. The largest absolute Gasteiger partial charge is 0.487 e. The zero-order chi connectivity index (χ0) is 29.5. The molecule has 2 aliphatic heterocycles. The number of rotatable bonds is 10. The molecule has 3 amide bonds. The van der Waals surface area contributed by atoms with Crippen LogP contribution in [0.15, 0.2) is 30.5 Å². The molecule has 1 N–H and O–H groups in total. The molecule has 11 heteroatoms. The van der Waals surface area contributed by atoms with Gasteiger partial charge in [-0.05, 0) is 63.9 Å². The lowest BCUT2D eigenvalue weighted by Crippen LogP contribution is -2.54. The van der Waals surface area contributed by atoms with Gasteiger partial charge in [0.25, 0.3) is 0 Å². The fourth-order valence-corrected chi connectivity index (χ4v) is 6.02. The molecule has 0 spiro atoms. The van der Waals surface area contributed by atoms with E-state index in [0.717, 1.165) is 30.5 Å². The Kier molecular flexibility index (Phi) is 11.1. The molecule has 224 valence electrons. The smallest absolute Gasteiger partial charge is 0.318 e. The van der Waals surface area contributed by atoms with Gasteiger partial charge in [0.1, 0.15) is 23.7 Å². The van der Waals surface area contributed by atoms with Crippen LogP contribution in [0.5, 0.6) is 5.75 Å². The molecule has 1 aromatic carbocycles. The number of likely N-dealkylation sites (tertiary alicyclic amines) is 2. The number of halogens is 3. The number of nitrogens with zero attached hydrogens (tertiary/aromatic N) is 4. The number of aromatic nitrogens is 1. The number of carbonyl (C=O) groups excluding carboxylic acids is 2. The zero-order valence-corrected chi connectivity index (χ0v) is 25.6. The fourth-order valence-electron chi connectivity index (χ4n) is 5.53. The molecular weight excluding hydrogens is 568 g/mol. The first kappa shape index (κ1) is 31.3. The summed E-state index contributed by atoms with van der Waals surface area (Å²) in [5, 5.41) is 3.94. The van der Waals surface area contributed by atoms with Crippen molar-refractivity contribution in [2.45, 2.75) is 63.5 Å². The number of benzene rings is 1. The molecule has 2 aliphatic rings. The molecule has 2 fully saturated rings. The molecule has 2 atom stereocenters. The number of pyridine rings is 1. The molecule has 4 rings (SSSR count). The molecule has 1 aromatic heterocycles. The van der Waals surface area contributed by atoms with Crippen LogP contribution in [0.25, 0.3) is 0 Å². The second-order valence-corrected chi connectivity index (χ2v) is 12.0. The maximum Gasteiger partial charge on any atom is 0.318 e. The van der Waals surface area contributed by atoms with E-state index < -0.39 is 11.9 Å². The van der Waals surface area contributed by atoms with Crippen molar-refractivity contribution in [1.82, 2.24) is 25.0 Å². The van der Waals surface area contributed by atoms with Gasteiger partial charge in [-0.2, -0.15) is 0 Å². The first-order valence-corrected chi connectivity index (χ1v) is 15.1. The lowest BCUT2D eigenvalue weighted by atomic mass is 9.91. The maximum absolute atomic E-state index is 14.2. The van der Waals surface area contributed by atoms with Crippen LogP contribution in [-0.2, 0) is 11.2 Å². The van der Waals surface area contributed by atoms with E-state index in [1.165, 1.54) is 12.3 Å². The molecule has 0 radical (unpaired) electrons. The van der Waals surface area contributed by atoms with E-state index in [2.05, 4.69) is 10.3 Å². The number of amides is 3. The van der Waals surface area contributed by atoms with Gasteiger partial charge < -0.3 is 24.8 Å². The van der Waals surface area contributed by atoms with Gasteiger partial charge in [0, 0.05) is 61.2 Å². The molecule has 2 aromatic rings. The lowest BCUT2D eigenvalue weighted by molar-refractivity contribution is -0.134. The number of ether oxygens (including phenoxy) is 1. The van der Waals surface area contributed by atoms with Crippen molar-refractivity contribution in [3.05, 3.63) is 57.6 Å². The zero-order valence-electron chi connectivity index (χ0n) is 24.0. The second kappa shape index (κ2) is 14.5. The second-order valence-electron chi connectivity index (χ2n) is 11.2. The number of piperidine rings is 1. The highest BCUT2D eigenvalue weighted by Gasteiger charge is 2.33. The summed E-state index contributed by atoms with van der Waals surface area (Å²) < 4.78 is 20.4.